The highest BCUT2D eigenvalue weighted by Gasteiger charge is 2.58. The minimum atomic E-state index is -0.136. The SMILES string of the molecule is CN=C(NCCN1C(=O)C2C3C=CC(C3)C2C1=O)NCc1cccc(Cn2ccnc2C)c1.I. The van der Waals surface area contributed by atoms with Crippen LogP contribution in [0.4, 0.5) is 0 Å². The Labute approximate surface area is 216 Å². The maximum Gasteiger partial charge on any atom is 0.233 e. The number of aliphatic imine (C=N–C) groups is 1. The highest BCUT2D eigenvalue weighted by atomic mass is 127. The molecule has 4 unspecified atom stereocenters. The summed E-state index contributed by atoms with van der Waals surface area (Å²) in [5, 5.41) is 6.55. The van der Waals surface area contributed by atoms with E-state index in [1.807, 2.05) is 19.3 Å². The fourth-order valence-electron chi connectivity index (χ4n) is 5.48. The average Bonchev–Trinajstić information content (AvgIpc) is 3.58. The van der Waals surface area contributed by atoms with Crippen LogP contribution in [-0.2, 0) is 22.7 Å². The van der Waals surface area contributed by atoms with Crippen molar-refractivity contribution >= 4 is 41.8 Å². The van der Waals surface area contributed by atoms with E-state index in [1.54, 1.807) is 7.05 Å². The van der Waals surface area contributed by atoms with Gasteiger partial charge in [0.1, 0.15) is 5.82 Å². The van der Waals surface area contributed by atoms with Crippen molar-refractivity contribution in [3.8, 4) is 0 Å². The zero-order valence-corrected chi connectivity index (χ0v) is 21.8. The van der Waals surface area contributed by atoms with Crippen LogP contribution in [0.15, 0.2) is 53.8 Å². The Balaban J connectivity index is 0.00000274. The molecule has 2 aromatic rings. The van der Waals surface area contributed by atoms with Gasteiger partial charge in [0.05, 0.1) is 11.8 Å². The second kappa shape index (κ2) is 10.3. The second-order valence-electron chi connectivity index (χ2n) is 9.10. The van der Waals surface area contributed by atoms with Gasteiger partial charge in [-0.1, -0.05) is 36.4 Å². The number of allylic oxidation sites excluding steroid dienone is 2. The highest BCUT2D eigenvalue weighted by Crippen LogP contribution is 2.52. The van der Waals surface area contributed by atoms with E-state index in [0.717, 1.165) is 24.4 Å². The van der Waals surface area contributed by atoms with Crippen LogP contribution in [0, 0.1) is 30.6 Å². The first-order chi connectivity index (χ1) is 16.0. The lowest BCUT2D eigenvalue weighted by Crippen LogP contribution is -2.43. The smallest absolute Gasteiger partial charge is 0.233 e. The predicted octanol–water partition coefficient (Wildman–Crippen LogP) is 2.33. The lowest BCUT2D eigenvalue weighted by Gasteiger charge is -2.18. The highest BCUT2D eigenvalue weighted by molar-refractivity contribution is 14.0. The number of likely N-dealkylation sites (tertiary alicyclic amines) is 1. The molecule has 2 heterocycles. The third-order valence-corrected chi connectivity index (χ3v) is 7.14. The molecule has 1 aromatic carbocycles. The number of halogens is 1. The Morgan fingerprint density at radius 2 is 1.82 bits per heavy atom. The number of nitrogens with zero attached hydrogens (tertiary/aromatic N) is 4. The van der Waals surface area contributed by atoms with Gasteiger partial charge in [0.15, 0.2) is 5.96 Å². The summed E-state index contributed by atoms with van der Waals surface area (Å²) in [7, 11) is 1.72. The van der Waals surface area contributed by atoms with E-state index >= 15 is 0 Å². The number of nitrogens with one attached hydrogen (secondary N) is 2. The molecule has 1 aromatic heterocycles. The number of hydrogen-bond acceptors (Lipinski definition) is 4. The molecule has 34 heavy (non-hydrogen) atoms. The summed E-state index contributed by atoms with van der Waals surface area (Å²) in [4.78, 5) is 35.6. The van der Waals surface area contributed by atoms with E-state index in [-0.39, 0.29) is 59.5 Å². The molecule has 180 valence electrons. The monoisotopic (exact) mass is 574 g/mol. The Morgan fingerprint density at radius 1 is 1.12 bits per heavy atom. The van der Waals surface area contributed by atoms with E-state index in [1.165, 1.54) is 10.5 Å². The van der Waals surface area contributed by atoms with Gasteiger partial charge < -0.3 is 15.2 Å². The standard InChI is InChI=1S/C25H30N6O2.HI/c1-16-27-8-10-30(16)15-18-5-3-4-17(12-18)14-29-25(26-2)28-9-11-31-23(32)21-19-6-7-20(13-19)22(21)24(31)33;/h3-8,10,12,19-22H,9,11,13-15H2,1-2H3,(H2,26,28,29);1H. The van der Waals surface area contributed by atoms with Crippen molar-refractivity contribution in [1.82, 2.24) is 25.1 Å². The zero-order valence-electron chi connectivity index (χ0n) is 19.5. The first kappa shape index (κ1) is 24.4. The van der Waals surface area contributed by atoms with Gasteiger partial charge in [-0.05, 0) is 36.3 Å². The van der Waals surface area contributed by atoms with Gasteiger partial charge in [0, 0.05) is 45.6 Å². The minimum Gasteiger partial charge on any atom is -0.355 e. The van der Waals surface area contributed by atoms with E-state index in [4.69, 9.17) is 0 Å². The van der Waals surface area contributed by atoms with Gasteiger partial charge >= 0.3 is 0 Å². The molecule has 2 N–H and O–H groups in total. The zero-order chi connectivity index (χ0) is 22.9. The minimum absolute atomic E-state index is 0. The van der Waals surface area contributed by atoms with Crippen molar-refractivity contribution in [2.75, 3.05) is 20.1 Å². The third-order valence-electron chi connectivity index (χ3n) is 7.14. The average molecular weight is 574 g/mol. The number of carbonyl (C=O) groups excluding carboxylic acids is 2. The van der Waals surface area contributed by atoms with Crippen molar-refractivity contribution in [3.05, 3.63) is 65.8 Å². The van der Waals surface area contributed by atoms with Gasteiger partial charge in [0.25, 0.3) is 0 Å². The molecule has 1 saturated heterocycles. The number of fused-ring (bicyclic) bond motifs is 5. The molecule has 0 radical (unpaired) electrons. The van der Waals surface area contributed by atoms with Crippen molar-refractivity contribution in [3.63, 3.8) is 0 Å². The number of carbonyl (C=O) groups is 2. The van der Waals surface area contributed by atoms with Crippen molar-refractivity contribution in [1.29, 1.82) is 0 Å². The van der Waals surface area contributed by atoms with Crippen molar-refractivity contribution in [2.24, 2.45) is 28.7 Å². The number of amides is 2. The summed E-state index contributed by atoms with van der Waals surface area (Å²) in [6, 6.07) is 8.41. The molecule has 4 atom stereocenters. The molecular weight excluding hydrogens is 543 g/mol. The summed E-state index contributed by atoms with van der Waals surface area (Å²) in [5.74, 6) is 1.85. The van der Waals surface area contributed by atoms with Gasteiger partial charge in [-0.25, -0.2) is 4.98 Å². The summed E-state index contributed by atoms with van der Waals surface area (Å²) < 4.78 is 2.11. The molecular formula is C25H31IN6O2. The Bertz CT molecular complexity index is 1100. The van der Waals surface area contributed by atoms with Crippen LogP contribution in [0.5, 0.6) is 0 Å². The number of imide groups is 1. The quantitative estimate of drug-likeness (QED) is 0.174. The normalized spacial score (nSPS) is 25.0. The first-order valence-corrected chi connectivity index (χ1v) is 11.6. The number of guanidine groups is 1. The van der Waals surface area contributed by atoms with Gasteiger partial charge in [-0.3, -0.25) is 19.5 Å². The lowest BCUT2D eigenvalue weighted by molar-refractivity contribution is -0.140. The number of aromatic nitrogens is 2. The molecule has 2 amide bonds. The number of rotatable bonds is 7. The van der Waals surface area contributed by atoms with Crippen LogP contribution in [0.1, 0.15) is 23.4 Å². The van der Waals surface area contributed by atoms with E-state index in [0.29, 0.717) is 25.6 Å². The van der Waals surface area contributed by atoms with Gasteiger partial charge in [-0.2, -0.15) is 0 Å². The van der Waals surface area contributed by atoms with E-state index in [2.05, 4.69) is 61.6 Å². The molecule has 8 nitrogen and oxygen atoms in total. The summed E-state index contributed by atoms with van der Waals surface area (Å²) in [6.07, 6.45) is 8.99. The van der Waals surface area contributed by atoms with Crippen LogP contribution >= 0.6 is 24.0 Å². The summed E-state index contributed by atoms with van der Waals surface area (Å²) in [6.45, 7) is 4.24. The van der Waals surface area contributed by atoms with Crippen molar-refractivity contribution in [2.45, 2.75) is 26.4 Å². The van der Waals surface area contributed by atoms with Gasteiger partial charge in [-0.15, -0.1) is 24.0 Å². The summed E-state index contributed by atoms with van der Waals surface area (Å²) in [5.41, 5.74) is 2.35. The van der Waals surface area contributed by atoms with Crippen LogP contribution in [0.3, 0.4) is 0 Å². The largest absolute Gasteiger partial charge is 0.355 e. The Kier molecular flexibility index (Phi) is 7.39. The number of imidazole rings is 1. The second-order valence-corrected chi connectivity index (χ2v) is 9.10. The molecule has 0 spiro atoms. The number of benzene rings is 1. The van der Waals surface area contributed by atoms with Crippen LogP contribution < -0.4 is 10.6 Å². The maximum atomic E-state index is 12.8. The lowest BCUT2D eigenvalue weighted by atomic mass is 9.85. The van der Waals surface area contributed by atoms with Crippen LogP contribution in [-0.4, -0.2) is 52.4 Å². The topological polar surface area (TPSA) is 91.6 Å². The number of aryl methyl sites for hydroxylation is 1. The van der Waals surface area contributed by atoms with Crippen LogP contribution in [0.2, 0.25) is 0 Å². The molecule has 1 saturated carbocycles. The Morgan fingerprint density at radius 3 is 2.47 bits per heavy atom. The first-order valence-electron chi connectivity index (χ1n) is 11.6. The van der Waals surface area contributed by atoms with Crippen molar-refractivity contribution < 1.29 is 9.59 Å². The molecule has 1 aliphatic heterocycles. The fraction of sp³-hybridized carbons (Fsp3) is 0.440. The summed E-state index contributed by atoms with van der Waals surface area (Å²) >= 11 is 0. The molecule has 9 heteroatoms. The van der Waals surface area contributed by atoms with Gasteiger partial charge in [0.2, 0.25) is 11.8 Å². The molecule has 5 rings (SSSR count). The Hall–Kier alpha value is -2.69. The number of hydrogen-bond donors (Lipinski definition) is 2. The van der Waals surface area contributed by atoms with E-state index in [9.17, 15) is 9.59 Å². The fourth-order valence-corrected chi connectivity index (χ4v) is 5.48. The predicted molar refractivity (Wildman–Crippen MR) is 141 cm³/mol. The van der Waals surface area contributed by atoms with Crippen LogP contribution in [0.25, 0.3) is 0 Å². The van der Waals surface area contributed by atoms with E-state index < -0.39 is 0 Å². The molecule has 2 fully saturated rings. The maximum absolute atomic E-state index is 12.8. The third kappa shape index (κ3) is 4.62. The molecule has 3 aliphatic rings. The molecule has 2 aliphatic carbocycles. The molecule has 2 bridgehead atoms.